The van der Waals surface area contributed by atoms with Gasteiger partial charge in [-0.05, 0) is 22.8 Å². The Kier molecular flexibility index (Phi) is 2.15. The Balaban J connectivity index is 1.91. The van der Waals surface area contributed by atoms with Crippen LogP contribution >= 0.6 is 0 Å². The summed E-state index contributed by atoms with van der Waals surface area (Å²) in [5.41, 5.74) is 4.61. The summed E-state index contributed by atoms with van der Waals surface area (Å²) < 4.78 is 0. The van der Waals surface area contributed by atoms with Crippen molar-refractivity contribution in [1.82, 2.24) is 10.6 Å². The van der Waals surface area contributed by atoms with Gasteiger partial charge in [-0.2, -0.15) is 0 Å². The van der Waals surface area contributed by atoms with Crippen LogP contribution in [0.4, 0.5) is 10.5 Å². The van der Waals surface area contributed by atoms with Crippen LogP contribution in [0.2, 0.25) is 0 Å². The Hall–Kier alpha value is -1.81. The van der Waals surface area contributed by atoms with Gasteiger partial charge in [0.1, 0.15) is 0 Å². The van der Waals surface area contributed by atoms with Crippen molar-refractivity contribution in [2.45, 2.75) is 6.54 Å². The van der Waals surface area contributed by atoms with E-state index in [1.54, 1.807) is 0 Å². The van der Waals surface area contributed by atoms with Gasteiger partial charge in [0.05, 0.1) is 0 Å². The molecule has 3 N–H and O–H groups in total. The van der Waals surface area contributed by atoms with Gasteiger partial charge >= 0.3 is 6.03 Å². The first-order chi connectivity index (χ1) is 7.81. The predicted molar refractivity (Wildman–Crippen MR) is 63.1 cm³/mol. The zero-order valence-corrected chi connectivity index (χ0v) is 8.84. The SMILES string of the molecule is O=C1NCc2ccc(C=C3CNC3)cc2N1. The maximum Gasteiger partial charge on any atom is 0.319 e. The maximum atomic E-state index is 11.2. The number of nitrogens with one attached hydrogen (secondary N) is 3. The van der Waals surface area contributed by atoms with Crippen LogP contribution in [0.25, 0.3) is 6.08 Å². The minimum atomic E-state index is -0.123. The van der Waals surface area contributed by atoms with Gasteiger partial charge in [0, 0.05) is 25.3 Å². The van der Waals surface area contributed by atoms with Gasteiger partial charge < -0.3 is 16.0 Å². The maximum absolute atomic E-state index is 11.2. The number of benzene rings is 1. The summed E-state index contributed by atoms with van der Waals surface area (Å²) in [6, 6.07) is 6.05. The van der Waals surface area contributed by atoms with Crippen molar-refractivity contribution in [3.05, 3.63) is 34.9 Å². The van der Waals surface area contributed by atoms with E-state index in [1.165, 1.54) is 5.57 Å². The number of amides is 2. The molecular formula is C12H13N3O. The Labute approximate surface area is 93.7 Å². The zero-order valence-electron chi connectivity index (χ0n) is 8.84. The lowest BCUT2D eigenvalue weighted by Gasteiger charge is -2.20. The molecule has 0 atom stereocenters. The minimum absolute atomic E-state index is 0.123. The first-order valence-corrected chi connectivity index (χ1v) is 5.39. The van der Waals surface area contributed by atoms with Crippen molar-refractivity contribution in [3.63, 3.8) is 0 Å². The molecule has 0 aromatic heterocycles. The first-order valence-electron chi connectivity index (χ1n) is 5.39. The van der Waals surface area contributed by atoms with E-state index in [9.17, 15) is 4.79 Å². The Morgan fingerprint density at radius 3 is 2.81 bits per heavy atom. The number of urea groups is 1. The third-order valence-corrected chi connectivity index (χ3v) is 2.90. The van der Waals surface area contributed by atoms with E-state index in [-0.39, 0.29) is 6.03 Å². The molecule has 2 heterocycles. The minimum Gasteiger partial charge on any atom is -0.334 e. The van der Waals surface area contributed by atoms with E-state index >= 15 is 0 Å². The third-order valence-electron chi connectivity index (χ3n) is 2.90. The second-order valence-electron chi connectivity index (χ2n) is 4.13. The van der Waals surface area contributed by atoms with Crippen LogP contribution in [0.5, 0.6) is 0 Å². The van der Waals surface area contributed by atoms with Crippen molar-refractivity contribution in [3.8, 4) is 0 Å². The highest BCUT2D eigenvalue weighted by molar-refractivity contribution is 5.92. The summed E-state index contributed by atoms with van der Waals surface area (Å²) in [6.07, 6.45) is 2.17. The molecule has 0 spiro atoms. The van der Waals surface area contributed by atoms with Crippen LogP contribution in [0.1, 0.15) is 11.1 Å². The molecule has 2 aliphatic heterocycles. The fourth-order valence-corrected chi connectivity index (χ4v) is 1.90. The monoisotopic (exact) mass is 215 g/mol. The van der Waals surface area contributed by atoms with E-state index in [4.69, 9.17) is 0 Å². The van der Waals surface area contributed by atoms with E-state index in [0.29, 0.717) is 6.54 Å². The Morgan fingerprint density at radius 1 is 1.19 bits per heavy atom. The molecule has 1 fully saturated rings. The van der Waals surface area contributed by atoms with Crippen LogP contribution in [0.3, 0.4) is 0 Å². The van der Waals surface area contributed by atoms with E-state index in [1.807, 2.05) is 6.07 Å². The van der Waals surface area contributed by atoms with E-state index in [2.05, 4.69) is 34.2 Å². The van der Waals surface area contributed by atoms with Gasteiger partial charge in [-0.3, -0.25) is 0 Å². The van der Waals surface area contributed by atoms with Crippen molar-refractivity contribution in [2.75, 3.05) is 18.4 Å². The van der Waals surface area contributed by atoms with Gasteiger partial charge in [-0.15, -0.1) is 0 Å². The summed E-state index contributed by atoms with van der Waals surface area (Å²) in [7, 11) is 0. The molecule has 0 radical (unpaired) electrons. The largest absolute Gasteiger partial charge is 0.334 e. The number of carbonyl (C=O) groups is 1. The molecule has 4 nitrogen and oxygen atoms in total. The topological polar surface area (TPSA) is 53.2 Å². The Bertz CT molecular complexity index is 473. The van der Waals surface area contributed by atoms with Gasteiger partial charge in [0.2, 0.25) is 0 Å². The summed E-state index contributed by atoms with van der Waals surface area (Å²) in [4.78, 5) is 11.2. The third kappa shape index (κ3) is 1.67. The van der Waals surface area contributed by atoms with Crippen molar-refractivity contribution in [1.29, 1.82) is 0 Å². The smallest absolute Gasteiger partial charge is 0.319 e. The molecule has 3 rings (SSSR count). The second-order valence-corrected chi connectivity index (χ2v) is 4.13. The molecule has 0 bridgehead atoms. The summed E-state index contributed by atoms with van der Waals surface area (Å²) in [5.74, 6) is 0. The second kappa shape index (κ2) is 3.64. The van der Waals surface area contributed by atoms with Crippen molar-refractivity contribution < 1.29 is 4.79 Å². The number of hydrogen-bond acceptors (Lipinski definition) is 2. The van der Waals surface area contributed by atoms with Gasteiger partial charge in [-0.1, -0.05) is 18.2 Å². The molecule has 0 aliphatic carbocycles. The van der Waals surface area contributed by atoms with Crippen LogP contribution in [0, 0.1) is 0 Å². The van der Waals surface area contributed by atoms with Crippen molar-refractivity contribution >= 4 is 17.8 Å². The standard InChI is InChI=1S/C12H13N3O/c16-12-14-7-10-2-1-8(4-11(10)15-12)3-9-5-13-6-9/h1-4,13H,5-7H2,(H2,14,15,16). The number of carbonyl (C=O) groups excluding carboxylic acids is 1. The normalized spacial score (nSPS) is 18.0. The zero-order chi connectivity index (χ0) is 11.0. The molecule has 16 heavy (non-hydrogen) atoms. The fraction of sp³-hybridized carbons (Fsp3) is 0.250. The summed E-state index contributed by atoms with van der Waals surface area (Å²) in [6.45, 7) is 2.57. The lowest BCUT2D eigenvalue weighted by Crippen LogP contribution is -2.34. The van der Waals surface area contributed by atoms with Crippen LogP contribution in [-0.2, 0) is 6.54 Å². The lowest BCUT2D eigenvalue weighted by molar-refractivity contribution is 0.251. The highest BCUT2D eigenvalue weighted by Gasteiger charge is 2.14. The molecule has 2 aliphatic rings. The average Bonchev–Trinajstić information content (AvgIpc) is 2.23. The highest BCUT2D eigenvalue weighted by atomic mass is 16.2. The van der Waals surface area contributed by atoms with E-state index < -0.39 is 0 Å². The highest BCUT2D eigenvalue weighted by Crippen LogP contribution is 2.22. The molecular weight excluding hydrogens is 202 g/mol. The molecule has 2 amide bonds. The van der Waals surface area contributed by atoms with Gasteiger partial charge in [0.15, 0.2) is 0 Å². The van der Waals surface area contributed by atoms with Crippen molar-refractivity contribution in [2.24, 2.45) is 0 Å². The van der Waals surface area contributed by atoms with Gasteiger partial charge in [-0.25, -0.2) is 4.79 Å². The van der Waals surface area contributed by atoms with E-state index in [0.717, 1.165) is 29.9 Å². The Morgan fingerprint density at radius 2 is 2.06 bits per heavy atom. The van der Waals surface area contributed by atoms with Crippen LogP contribution in [0.15, 0.2) is 23.8 Å². The number of anilines is 1. The summed E-state index contributed by atoms with van der Waals surface area (Å²) in [5, 5.41) is 8.76. The lowest BCUT2D eigenvalue weighted by atomic mass is 10.0. The fourth-order valence-electron chi connectivity index (χ4n) is 1.90. The van der Waals surface area contributed by atoms with Gasteiger partial charge in [0.25, 0.3) is 0 Å². The summed E-state index contributed by atoms with van der Waals surface area (Å²) >= 11 is 0. The molecule has 0 unspecified atom stereocenters. The first kappa shape index (κ1) is 9.42. The molecule has 4 heteroatoms. The molecule has 0 saturated carbocycles. The molecule has 1 aromatic rings. The number of hydrogen-bond donors (Lipinski definition) is 3. The molecule has 1 saturated heterocycles. The number of rotatable bonds is 1. The molecule has 1 aromatic carbocycles. The average molecular weight is 215 g/mol. The van der Waals surface area contributed by atoms with Crippen LogP contribution in [-0.4, -0.2) is 19.1 Å². The van der Waals surface area contributed by atoms with Crippen LogP contribution < -0.4 is 16.0 Å². The molecule has 82 valence electrons. The predicted octanol–water partition coefficient (Wildman–Crippen LogP) is 1.31. The quantitative estimate of drug-likeness (QED) is 0.661. The number of fused-ring (bicyclic) bond motifs is 1.